The average molecular weight is 576 g/mol. The Morgan fingerprint density at radius 3 is 2.46 bits per heavy atom. The number of carboxylic acids is 1. The molecule has 41 heavy (non-hydrogen) atoms. The summed E-state index contributed by atoms with van der Waals surface area (Å²) in [6.45, 7) is 2.03. The Kier molecular flexibility index (Phi) is 9.55. The molecule has 0 aliphatic carbocycles. The molecule has 1 atom stereocenters. The molecule has 4 rings (SSSR count). The largest absolute Gasteiger partial charge is 0.481 e. The standard InChI is InChI=1S/C29H29N5O6S/c1-40-29(39)32-22-16-21(27(37)31-23(17-26(35)36)25-4-2-15-41-25)9-10-24(22)33-11-3-12-34(14-13-33)28(38)20-7-5-19(18-30)6-8-20/h2,4-10,15-16,23H,3,11-14,17H2,1H3,(H,31,37)(H,32,39)(H,35,36). The minimum atomic E-state index is -1.04. The number of ether oxygens (including phenoxy) is 1. The number of aliphatic carboxylic acids is 1. The van der Waals surface area contributed by atoms with Gasteiger partial charge >= 0.3 is 12.1 Å². The molecule has 1 aromatic heterocycles. The number of nitriles is 1. The van der Waals surface area contributed by atoms with Gasteiger partial charge < -0.3 is 25.0 Å². The minimum absolute atomic E-state index is 0.127. The smallest absolute Gasteiger partial charge is 0.411 e. The van der Waals surface area contributed by atoms with E-state index in [0.29, 0.717) is 55.1 Å². The number of carbonyl (C=O) groups is 4. The number of methoxy groups -OCH3 is 1. The Morgan fingerprint density at radius 2 is 1.80 bits per heavy atom. The van der Waals surface area contributed by atoms with Gasteiger partial charge in [0.1, 0.15) is 0 Å². The number of hydrogen-bond donors (Lipinski definition) is 3. The molecule has 212 valence electrons. The fraction of sp³-hybridized carbons (Fsp3) is 0.276. The van der Waals surface area contributed by atoms with Crippen LogP contribution < -0.4 is 15.5 Å². The van der Waals surface area contributed by atoms with Crippen LogP contribution in [0.1, 0.15) is 50.0 Å². The summed E-state index contributed by atoms with van der Waals surface area (Å²) in [5, 5.41) is 25.6. The highest BCUT2D eigenvalue weighted by Crippen LogP contribution is 2.30. The highest BCUT2D eigenvalue weighted by atomic mass is 32.1. The van der Waals surface area contributed by atoms with E-state index in [4.69, 9.17) is 10.00 Å². The number of nitrogens with zero attached hydrogens (tertiary/aromatic N) is 3. The molecule has 2 heterocycles. The lowest BCUT2D eigenvalue weighted by Gasteiger charge is -2.26. The van der Waals surface area contributed by atoms with Crippen LogP contribution in [0.2, 0.25) is 0 Å². The van der Waals surface area contributed by atoms with Gasteiger partial charge in [0.15, 0.2) is 0 Å². The van der Waals surface area contributed by atoms with Gasteiger partial charge in [-0.2, -0.15) is 5.26 Å². The monoisotopic (exact) mass is 575 g/mol. The van der Waals surface area contributed by atoms with Crippen molar-refractivity contribution in [2.75, 3.05) is 43.5 Å². The van der Waals surface area contributed by atoms with Gasteiger partial charge in [-0.15, -0.1) is 11.3 Å². The first-order valence-electron chi connectivity index (χ1n) is 12.9. The van der Waals surface area contributed by atoms with E-state index in [9.17, 15) is 24.3 Å². The molecule has 0 saturated carbocycles. The summed E-state index contributed by atoms with van der Waals surface area (Å²) in [4.78, 5) is 54.3. The van der Waals surface area contributed by atoms with Gasteiger partial charge in [-0.1, -0.05) is 6.07 Å². The molecular weight excluding hydrogens is 546 g/mol. The molecule has 3 N–H and O–H groups in total. The number of benzene rings is 2. The number of nitrogens with one attached hydrogen (secondary N) is 2. The molecule has 3 amide bonds. The first kappa shape index (κ1) is 29.1. The summed E-state index contributed by atoms with van der Waals surface area (Å²) < 4.78 is 4.79. The molecule has 2 aromatic carbocycles. The van der Waals surface area contributed by atoms with E-state index in [-0.39, 0.29) is 17.9 Å². The Balaban J connectivity index is 1.52. The molecule has 0 radical (unpaired) electrons. The number of thiophene rings is 1. The van der Waals surface area contributed by atoms with Crippen LogP contribution in [0.4, 0.5) is 16.2 Å². The predicted octanol–water partition coefficient (Wildman–Crippen LogP) is 4.10. The zero-order valence-electron chi connectivity index (χ0n) is 22.3. The van der Waals surface area contributed by atoms with Crippen molar-refractivity contribution in [2.24, 2.45) is 0 Å². The second kappa shape index (κ2) is 13.5. The molecule has 3 aromatic rings. The fourth-order valence-corrected chi connectivity index (χ4v) is 5.35. The lowest BCUT2D eigenvalue weighted by molar-refractivity contribution is -0.137. The van der Waals surface area contributed by atoms with E-state index in [1.165, 1.54) is 24.5 Å². The van der Waals surface area contributed by atoms with Gasteiger partial charge in [-0.3, -0.25) is 19.7 Å². The first-order chi connectivity index (χ1) is 19.8. The fourth-order valence-electron chi connectivity index (χ4n) is 4.57. The van der Waals surface area contributed by atoms with Crippen molar-refractivity contribution in [3.05, 3.63) is 81.5 Å². The van der Waals surface area contributed by atoms with Crippen LogP contribution in [0, 0.1) is 11.3 Å². The highest BCUT2D eigenvalue weighted by Gasteiger charge is 2.24. The Hall–Kier alpha value is -4.89. The maximum absolute atomic E-state index is 13.2. The summed E-state index contributed by atoms with van der Waals surface area (Å²) in [5.74, 6) is -1.66. The van der Waals surface area contributed by atoms with Crippen molar-refractivity contribution in [2.45, 2.75) is 18.9 Å². The number of carboxylic acid groups (broad SMARTS) is 1. The van der Waals surface area contributed by atoms with Crippen LogP contribution in [-0.4, -0.2) is 67.2 Å². The van der Waals surface area contributed by atoms with E-state index >= 15 is 0 Å². The van der Waals surface area contributed by atoms with Crippen molar-refractivity contribution in [3.63, 3.8) is 0 Å². The quantitative estimate of drug-likeness (QED) is 0.363. The molecule has 1 saturated heterocycles. The van der Waals surface area contributed by atoms with Gasteiger partial charge in [0, 0.05) is 42.2 Å². The van der Waals surface area contributed by atoms with Gasteiger partial charge in [0.2, 0.25) is 0 Å². The number of anilines is 2. The van der Waals surface area contributed by atoms with Gasteiger partial charge in [0.05, 0.1) is 42.6 Å². The van der Waals surface area contributed by atoms with E-state index in [0.717, 1.165) is 4.88 Å². The Labute approximate surface area is 240 Å². The van der Waals surface area contributed by atoms with Crippen LogP contribution in [0.5, 0.6) is 0 Å². The van der Waals surface area contributed by atoms with Crippen molar-refractivity contribution in [1.82, 2.24) is 10.2 Å². The molecule has 1 aliphatic heterocycles. The summed E-state index contributed by atoms with van der Waals surface area (Å²) in [7, 11) is 1.24. The number of carbonyl (C=O) groups excluding carboxylic acids is 3. The second-order valence-electron chi connectivity index (χ2n) is 9.31. The minimum Gasteiger partial charge on any atom is -0.481 e. The zero-order valence-corrected chi connectivity index (χ0v) is 23.1. The molecule has 1 unspecified atom stereocenters. The van der Waals surface area contributed by atoms with E-state index in [1.54, 1.807) is 53.4 Å². The molecule has 0 bridgehead atoms. The Bertz CT molecular complexity index is 1450. The third-order valence-corrected chi connectivity index (χ3v) is 7.62. The molecule has 1 aliphatic rings. The van der Waals surface area contributed by atoms with Crippen molar-refractivity contribution in [1.29, 1.82) is 5.26 Å². The summed E-state index contributed by atoms with van der Waals surface area (Å²) in [5.41, 5.74) is 2.22. The molecule has 11 nitrogen and oxygen atoms in total. The third-order valence-electron chi connectivity index (χ3n) is 6.64. The first-order valence-corrected chi connectivity index (χ1v) is 13.8. The number of rotatable bonds is 8. The zero-order chi connectivity index (χ0) is 29.4. The van der Waals surface area contributed by atoms with E-state index < -0.39 is 24.0 Å². The van der Waals surface area contributed by atoms with Crippen LogP contribution in [-0.2, 0) is 9.53 Å². The lowest BCUT2D eigenvalue weighted by atomic mass is 10.1. The number of amides is 3. The van der Waals surface area contributed by atoms with Crippen LogP contribution in [0.3, 0.4) is 0 Å². The molecular formula is C29H29N5O6S. The van der Waals surface area contributed by atoms with E-state index in [2.05, 4.69) is 10.6 Å². The Morgan fingerprint density at radius 1 is 1.05 bits per heavy atom. The summed E-state index contributed by atoms with van der Waals surface area (Å²) in [6, 6.07) is 16.3. The lowest BCUT2D eigenvalue weighted by Crippen LogP contribution is -2.35. The van der Waals surface area contributed by atoms with Crippen molar-refractivity contribution < 1.29 is 29.0 Å². The van der Waals surface area contributed by atoms with Gasteiger partial charge in [-0.25, -0.2) is 4.79 Å². The normalized spacial score (nSPS) is 13.9. The predicted molar refractivity (Wildman–Crippen MR) is 153 cm³/mol. The summed E-state index contributed by atoms with van der Waals surface area (Å²) in [6.07, 6.45) is -0.318. The topological polar surface area (TPSA) is 152 Å². The van der Waals surface area contributed by atoms with Crippen molar-refractivity contribution >= 4 is 46.6 Å². The molecule has 12 heteroatoms. The number of hydrogen-bond acceptors (Lipinski definition) is 8. The highest BCUT2D eigenvalue weighted by molar-refractivity contribution is 7.10. The van der Waals surface area contributed by atoms with E-state index in [1.807, 2.05) is 16.3 Å². The third kappa shape index (κ3) is 7.40. The maximum atomic E-state index is 13.2. The molecule has 0 spiro atoms. The van der Waals surface area contributed by atoms with Crippen LogP contribution >= 0.6 is 11.3 Å². The summed E-state index contributed by atoms with van der Waals surface area (Å²) >= 11 is 1.35. The molecule has 1 fully saturated rings. The van der Waals surface area contributed by atoms with Gasteiger partial charge in [0.25, 0.3) is 11.8 Å². The van der Waals surface area contributed by atoms with Gasteiger partial charge in [-0.05, 0) is 60.3 Å². The maximum Gasteiger partial charge on any atom is 0.411 e. The average Bonchev–Trinajstić information content (AvgIpc) is 3.41. The van der Waals surface area contributed by atoms with Crippen LogP contribution in [0.15, 0.2) is 60.0 Å². The second-order valence-corrected chi connectivity index (χ2v) is 10.3. The SMILES string of the molecule is COC(=O)Nc1cc(C(=O)NC(CC(=O)O)c2cccs2)ccc1N1CCCN(C(=O)c2ccc(C#N)cc2)CC1. The van der Waals surface area contributed by atoms with Crippen molar-refractivity contribution in [3.8, 4) is 6.07 Å². The van der Waals surface area contributed by atoms with Crippen LogP contribution in [0.25, 0.3) is 0 Å².